The zero-order valence-corrected chi connectivity index (χ0v) is 10.1. The molecule has 0 bridgehead atoms. The normalized spacial score (nSPS) is 18.8. The van der Waals surface area contributed by atoms with Gasteiger partial charge in [0.25, 0.3) is 0 Å². The topological polar surface area (TPSA) is 35.5 Å². The summed E-state index contributed by atoms with van der Waals surface area (Å²) in [4.78, 5) is 2.14. The SMILES string of the molecule is CC(F)c1ccc(N2CCCNCC2)c(O)c1. The van der Waals surface area contributed by atoms with Gasteiger partial charge in [0.2, 0.25) is 0 Å². The maximum absolute atomic E-state index is 13.1. The molecule has 0 aliphatic carbocycles. The van der Waals surface area contributed by atoms with Crippen molar-refractivity contribution in [2.24, 2.45) is 0 Å². The van der Waals surface area contributed by atoms with Crippen molar-refractivity contribution >= 4 is 5.69 Å². The van der Waals surface area contributed by atoms with Crippen LogP contribution >= 0.6 is 0 Å². The number of rotatable bonds is 2. The van der Waals surface area contributed by atoms with Gasteiger partial charge < -0.3 is 15.3 Å². The van der Waals surface area contributed by atoms with Gasteiger partial charge in [0.05, 0.1) is 5.69 Å². The van der Waals surface area contributed by atoms with Crippen LogP contribution in [0, 0.1) is 0 Å². The lowest BCUT2D eigenvalue weighted by Gasteiger charge is -2.23. The van der Waals surface area contributed by atoms with Gasteiger partial charge in [0, 0.05) is 19.6 Å². The van der Waals surface area contributed by atoms with E-state index in [4.69, 9.17) is 0 Å². The summed E-state index contributed by atoms with van der Waals surface area (Å²) < 4.78 is 13.1. The van der Waals surface area contributed by atoms with Crippen molar-refractivity contribution < 1.29 is 9.50 Å². The number of aromatic hydroxyl groups is 1. The van der Waals surface area contributed by atoms with Crippen LogP contribution in [0.5, 0.6) is 5.75 Å². The molecule has 2 N–H and O–H groups in total. The first-order valence-corrected chi connectivity index (χ1v) is 6.11. The quantitative estimate of drug-likeness (QED) is 0.829. The zero-order chi connectivity index (χ0) is 12.3. The predicted octanol–water partition coefficient (Wildman–Crippen LogP) is 2.22. The maximum atomic E-state index is 13.1. The summed E-state index contributed by atoms with van der Waals surface area (Å²) >= 11 is 0. The highest BCUT2D eigenvalue weighted by molar-refractivity contribution is 5.59. The number of phenolic OH excluding ortho intramolecular Hbond substituents is 1. The molecule has 1 saturated heterocycles. The highest BCUT2D eigenvalue weighted by Gasteiger charge is 2.14. The van der Waals surface area contributed by atoms with E-state index in [9.17, 15) is 9.50 Å². The minimum atomic E-state index is -1.04. The molecule has 0 radical (unpaired) electrons. The lowest BCUT2D eigenvalue weighted by atomic mass is 10.1. The van der Waals surface area contributed by atoms with Crippen LogP contribution in [0.1, 0.15) is 25.1 Å². The molecule has 0 aromatic heterocycles. The van der Waals surface area contributed by atoms with Gasteiger partial charge in [-0.05, 0) is 37.6 Å². The smallest absolute Gasteiger partial charge is 0.139 e. The molecule has 17 heavy (non-hydrogen) atoms. The summed E-state index contributed by atoms with van der Waals surface area (Å²) in [6.45, 7) is 5.20. The molecule has 0 saturated carbocycles. The van der Waals surface area contributed by atoms with Crippen LogP contribution in [0.25, 0.3) is 0 Å². The third-order valence-corrected chi connectivity index (χ3v) is 3.14. The van der Waals surface area contributed by atoms with Gasteiger partial charge in [-0.2, -0.15) is 0 Å². The third-order valence-electron chi connectivity index (χ3n) is 3.14. The van der Waals surface area contributed by atoms with Crippen LogP contribution in [0.3, 0.4) is 0 Å². The number of hydrogen-bond acceptors (Lipinski definition) is 3. The van der Waals surface area contributed by atoms with Gasteiger partial charge in [0.1, 0.15) is 11.9 Å². The summed E-state index contributed by atoms with van der Waals surface area (Å²) in [5.74, 6) is 0.175. The number of nitrogens with zero attached hydrogens (tertiary/aromatic N) is 1. The fraction of sp³-hybridized carbons (Fsp3) is 0.538. The first kappa shape index (κ1) is 12.2. The predicted molar refractivity (Wildman–Crippen MR) is 67.3 cm³/mol. The van der Waals surface area contributed by atoms with Crippen molar-refractivity contribution in [1.82, 2.24) is 5.32 Å². The second-order valence-corrected chi connectivity index (χ2v) is 4.45. The highest BCUT2D eigenvalue weighted by atomic mass is 19.1. The van der Waals surface area contributed by atoms with E-state index in [0.29, 0.717) is 5.56 Å². The molecular formula is C13H19FN2O. The van der Waals surface area contributed by atoms with Crippen molar-refractivity contribution in [3.05, 3.63) is 23.8 Å². The average molecular weight is 238 g/mol. The van der Waals surface area contributed by atoms with E-state index in [0.717, 1.165) is 38.3 Å². The summed E-state index contributed by atoms with van der Waals surface area (Å²) in [5.41, 5.74) is 1.33. The Kier molecular flexibility index (Phi) is 3.84. The molecule has 1 atom stereocenters. The second kappa shape index (κ2) is 5.36. The Hall–Kier alpha value is -1.29. The lowest BCUT2D eigenvalue weighted by molar-refractivity contribution is 0.372. The average Bonchev–Trinajstić information content (AvgIpc) is 2.57. The third kappa shape index (κ3) is 2.88. The Labute approximate surface area is 101 Å². The van der Waals surface area contributed by atoms with Crippen LogP contribution in [0.15, 0.2) is 18.2 Å². The first-order valence-electron chi connectivity index (χ1n) is 6.11. The number of phenols is 1. The molecule has 0 spiro atoms. The van der Waals surface area contributed by atoms with Crippen LogP contribution in [0.4, 0.5) is 10.1 Å². The Morgan fingerprint density at radius 2 is 2.18 bits per heavy atom. The zero-order valence-electron chi connectivity index (χ0n) is 10.1. The van der Waals surface area contributed by atoms with Crippen molar-refractivity contribution in [2.45, 2.75) is 19.5 Å². The maximum Gasteiger partial charge on any atom is 0.139 e. The minimum absolute atomic E-state index is 0.175. The monoisotopic (exact) mass is 238 g/mol. The number of hydrogen-bond donors (Lipinski definition) is 2. The molecular weight excluding hydrogens is 219 g/mol. The molecule has 4 heteroatoms. The Balaban J connectivity index is 2.19. The van der Waals surface area contributed by atoms with Crippen LogP contribution in [0.2, 0.25) is 0 Å². The summed E-state index contributed by atoms with van der Waals surface area (Å²) in [6, 6.07) is 5.09. The molecule has 94 valence electrons. The largest absolute Gasteiger partial charge is 0.506 e. The van der Waals surface area contributed by atoms with Crippen LogP contribution < -0.4 is 10.2 Å². The van der Waals surface area contributed by atoms with E-state index in [1.165, 1.54) is 13.0 Å². The molecule has 1 aliphatic heterocycles. The van der Waals surface area contributed by atoms with E-state index >= 15 is 0 Å². The molecule has 2 rings (SSSR count). The molecule has 0 amide bonds. The first-order chi connectivity index (χ1) is 8.18. The van der Waals surface area contributed by atoms with Crippen molar-refractivity contribution in [2.75, 3.05) is 31.1 Å². The molecule has 1 fully saturated rings. The summed E-state index contributed by atoms with van der Waals surface area (Å²) in [5, 5.41) is 13.3. The van der Waals surface area contributed by atoms with Crippen molar-refractivity contribution in [3.8, 4) is 5.75 Å². The van der Waals surface area contributed by atoms with E-state index < -0.39 is 6.17 Å². The van der Waals surface area contributed by atoms with Gasteiger partial charge in [0.15, 0.2) is 0 Å². The fourth-order valence-corrected chi connectivity index (χ4v) is 2.14. The molecule has 1 aromatic carbocycles. The molecule has 1 unspecified atom stereocenters. The fourth-order valence-electron chi connectivity index (χ4n) is 2.14. The summed E-state index contributed by atoms with van der Waals surface area (Å²) in [6.07, 6.45) is 0.0153. The molecule has 1 aromatic rings. The van der Waals surface area contributed by atoms with E-state index in [1.807, 2.05) is 6.07 Å². The molecule has 1 heterocycles. The van der Waals surface area contributed by atoms with Gasteiger partial charge in [-0.25, -0.2) is 4.39 Å². The second-order valence-electron chi connectivity index (χ2n) is 4.45. The van der Waals surface area contributed by atoms with Gasteiger partial charge in [-0.15, -0.1) is 0 Å². The Morgan fingerprint density at radius 1 is 1.35 bits per heavy atom. The number of halogens is 1. The number of alkyl halides is 1. The van der Waals surface area contributed by atoms with Gasteiger partial charge in [-0.1, -0.05) is 6.07 Å². The number of anilines is 1. The standard InChI is InChI=1S/C13H19FN2O/c1-10(14)11-3-4-12(13(17)9-11)16-7-2-5-15-6-8-16/h3-4,9-10,15,17H,2,5-8H2,1H3. The Morgan fingerprint density at radius 3 is 2.88 bits per heavy atom. The van der Waals surface area contributed by atoms with Crippen LogP contribution in [-0.2, 0) is 0 Å². The van der Waals surface area contributed by atoms with Gasteiger partial charge in [-0.3, -0.25) is 0 Å². The highest BCUT2D eigenvalue weighted by Crippen LogP contribution is 2.31. The number of benzene rings is 1. The van der Waals surface area contributed by atoms with Crippen LogP contribution in [-0.4, -0.2) is 31.3 Å². The number of nitrogens with one attached hydrogen (secondary N) is 1. The van der Waals surface area contributed by atoms with Crippen molar-refractivity contribution in [3.63, 3.8) is 0 Å². The minimum Gasteiger partial charge on any atom is -0.506 e. The van der Waals surface area contributed by atoms with E-state index in [-0.39, 0.29) is 5.75 Å². The van der Waals surface area contributed by atoms with Gasteiger partial charge >= 0.3 is 0 Å². The van der Waals surface area contributed by atoms with E-state index in [1.54, 1.807) is 6.07 Å². The molecule has 1 aliphatic rings. The Bertz CT molecular complexity index is 374. The lowest BCUT2D eigenvalue weighted by Crippen LogP contribution is -2.27. The summed E-state index contributed by atoms with van der Waals surface area (Å²) in [7, 11) is 0. The van der Waals surface area contributed by atoms with Crippen molar-refractivity contribution in [1.29, 1.82) is 0 Å². The molecule has 3 nitrogen and oxygen atoms in total. The van der Waals surface area contributed by atoms with E-state index in [2.05, 4.69) is 10.2 Å².